The molecule has 0 bridgehead atoms. The molecule has 0 aliphatic rings. The zero-order chi connectivity index (χ0) is 20.3. The van der Waals surface area contributed by atoms with Crippen LogP contribution in [0.1, 0.15) is 68.1 Å². The number of carbonyl (C=O) groups is 1. The minimum Gasteiger partial charge on any atom is -0.462 e. The number of aryl methyl sites for hydroxylation is 2. The van der Waals surface area contributed by atoms with Crippen LogP contribution in [0, 0.1) is 6.92 Å². The molecule has 148 valence electrons. The lowest BCUT2D eigenvalue weighted by Gasteiger charge is -2.20. The van der Waals surface area contributed by atoms with Gasteiger partial charge in [0.25, 0.3) is 0 Å². The van der Waals surface area contributed by atoms with Gasteiger partial charge in [-0.25, -0.2) is 14.5 Å². The zero-order valence-corrected chi connectivity index (χ0v) is 17.3. The van der Waals surface area contributed by atoms with Crippen LogP contribution in [0.5, 0.6) is 0 Å². The minimum absolute atomic E-state index is 0.167. The summed E-state index contributed by atoms with van der Waals surface area (Å²) in [5.74, 6) is -0.167. The number of ether oxygens (including phenoxy) is 1. The van der Waals surface area contributed by atoms with Crippen molar-refractivity contribution < 1.29 is 9.53 Å². The third kappa shape index (κ3) is 3.51. The average Bonchev–Trinajstić information content (AvgIpc) is 3.10. The van der Waals surface area contributed by atoms with Crippen LogP contribution in [0.15, 0.2) is 24.7 Å². The summed E-state index contributed by atoms with van der Waals surface area (Å²) in [5.41, 5.74) is 4.88. The van der Waals surface area contributed by atoms with Crippen molar-refractivity contribution in [1.29, 1.82) is 0 Å². The standard InChI is InChI=1S/C22H28N4O2/c1-6-15(7-2)20-19(22(27)28-9-4)18(16-10-14(5)11-23-12-16)17-13-24-26(8-3)21(17)25-20/h10-13,15H,6-9H2,1-5H3. The highest BCUT2D eigenvalue weighted by molar-refractivity contribution is 6.07. The van der Waals surface area contributed by atoms with E-state index in [2.05, 4.69) is 23.9 Å². The first-order valence-corrected chi connectivity index (χ1v) is 10.0. The number of hydrogen-bond donors (Lipinski definition) is 0. The lowest BCUT2D eigenvalue weighted by atomic mass is 9.89. The second kappa shape index (κ2) is 8.50. The molecule has 0 saturated carbocycles. The quantitative estimate of drug-likeness (QED) is 0.545. The number of esters is 1. The Kier molecular flexibility index (Phi) is 6.07. The van der Waals surface area contributed by atoms with Gasteiger partial charge >= 0.3 is 5.97 Å². The summed E-state index contributed by atoms with van der Waals surface area (Å²) >= 11 is 0. The normalized spacial score (nSPS) is 11.4. The van der Waals surface area contributed by atoms with Crippen LogP contribution in [-0.4, -0.2) is 32.3 Å². The average molecular weight is 380 g/mol. The van der Waals surface area contributed by atoms with E-state index in [0.717, 1.165) is 46.3 Å². The van der Waals surface area contributed by atoms with Crippen molar-refractivity contribution in [2.24, 2.45) is 0 Å². The predicted octanol–water partition coefficient (Wildman–Crippen LogP) is 4.90. The molecule has 28 heavy (non-hydrogen) atoms. The summed E-state index contributed by atoms with van der Waals surface area (Å²) < 4.78 is 7.33. The first kappa shape index (κ1) is 20.0. The fourth-order valence-corrected chi connectivity index (χ4v) is 3.71. The van der Waals surface area contributed by atoms with Crippen LogP contribution in [0.25, 0.3) is 22.2 Å². The fraction of sp³-hybridized carbons (Fsp3) is 0.455. The van der Waals surface area contributed by atoms with E-state index in [1.54, 1.807) is 12.4 Å². The molecular formula is C22H28N4O2. The van der Waals surface area contributed by atoms with E-state index in [0.29, 0.717) is 18.7 Å². The Labute approximate surface area is 166 Å². The van der Waals surface area contributed by atoms with Gasteiger partial charge in [0, 0.05) is 41.4 Å². The smallest absolute Gasteiger partial charge is 0.340 e. The van der Waals surface area contributed by atoms with Crippen molar-refractivity contribution in [3.05, 3.63) is 41.5 Å². The molecule has 0 fully saturated rings. The molecule has 0 spiro atoms. The largest absolute Gasteiger partial charge is 0.462 e. The zero-order valence-electron chi connectivity index (χ0n) is 17.3. The molecule has 3 rings (SSSR count). The Morgan fingerprint density at radius 1 is 1.14 bits per heavy atom. The number of pyridine rings is 2. The van der Waals surface area contributed by atoms with E-state index >= 15 is 0 Å². The van der Waals surface area contributed by atoms with Crippen LogP contribution < -0.4 is 0 Å². The van der Waals surface area contributed by atoms with E-state index in [1.165, 1.54) is 0 Å². The topological polar surface area (TPSA) is 69.9 Å². The van der Waals surface area contributed by atoms with Gasteiger partial charge in [0.05, 0.1) is 24.1 Å². The summed E-state index contributed by atoms with van der Waals surface area (Å²) in [6, 6.07) is 2.05. The third-order valence-electron chi connectivity index (χ3n) is 5.13. The Morgan fingerprint density at radius 2 is 1.89 bits per heavy atom. The van der Waals surface area contributed by atoms with E-state index in [1.807, 2.05) is 37.7 Å². The van der Waals surface area contributed by atoms with Gasteiger partial charge in [-0.15, -0.1) is 0 Å². The molecule has 6 nitrogen and oxygen atoms in total. The Morgan fingerprint density at radius 3 is 2.50 bits per heavy atom. The summed E-state index contributed by atoms with van der Waals surface area (Å²) in [6.07, 6.45) is 7.19. The van der Waals surface area contributed by atoms with E-state index < -0.39 is 0 Å². The molecule has 0 aliphatic carbocycles. The molecule has 0 N–H and O–H groups in total. The van der Waals surface area contributed by atoms with E-state index in [-0.39, 0.29) is 11.9 Å². The van der Waals surface area contributed by atoms with Gasteiger partial charge < -0.3 is 4.74 Å². The van der Waals surface area contributed by atoms with Gasteiger partial charge in [-0.3, -0.25) is 4.98 Å². The SMILES string of the molecule is CCOC(=O)c1c(C(CC)CC)nc2c(cnn2CC)c1-c1cncc(C)c1. The minimum atomic E-state index is -0.334. The molecule has 0 radical (unpaired) electrons. The number of fused-ring (bicyclic) bond motifs is 1. The number of hydrogen-bond acceptors (Lipinski definition) is 5. The lowest BCUT2D eigenvalue weighted by molar-refractivity contribution is 0.0525. The van der Waals surface area contributed by atoms with Crippen molar-refractivity contribution >= 4 is 17.0 Å². The highest BCUT2D eigenvalue weighted by Crippen LogP contribution is 2.37. The van der Waals surface area contributed by atoms with Gasteiger partial charge in [0.2, 0.25) is 0 Å². The van der Waals surface area contributed by atoms with Crippen LogP contribution in [0.4, 0.5) is 0 Å². The number of rotatable bonds is 7. The van der Waals surface area contributed by atoms with Crippen molar-refractivity contribution in [2.45, 2.75) is 59.9 Å². The Bertz CT molecular complexity index is 990. The molecule has 0 atom stereocenters. The monoisotopic (exact) mass is 380 g/mol. The maximum atomic E-state index is 13.1. The maximum Gasteiger partial charge on any atom is 0.340 e. The molecule has 0 amide bonds. The van der Waals surface area contributed by atoms with Crippen molar-refractivity contribution in [3.8, 4) is 11.1 Å². The van der Waals surface area contributed by atoms with E-state index in [9.17, 15) is 4.79 Å². The first-order valence-electron chi connectivity index (χ1n) is 10.0. The van der Waals surface area contributed by atoms with Crippen LogP contribution >= 0.6 is 0 Å². The fourth-order valence-electron chi connectivity index (χ4n) is 3.71. The number of carbonyl (C=O) groups excluding carboxylic acids is 1. The predicted molar refractivity (Wildman–Crippen MR) is 110 cm³/mol. The molecule has 0 aliphatic heterocycles. The highest BCUT2D eigenvalue weighted by atomic mass is 16.5. The number of nitrogens with zero attached hydrogens (tertiary/aromatic N) is 4. The van der Waals surface area contributed by atoms with Gasteiger partial charge in [0.1, 0.15) is 0 Å². The molecule has 3 heterocycles. The molecule has 0 unspecified atom stereocenters. The van der Waals surface area contributed by atoms with Crippen LogP contribution in [-0.2, 0) is 11.3 Å². The summed E-state index contributed by atoms with van der Waals surface area (Å²) in [6.45, 7) is 11.1. The highest BCUT2D eigenvalue weighted by Gasteiger charge is 2.28. The Hall–Kier alpha value is -2.76. The van der Waals surface area contributed by atoms with Crippen molar-refractivity contribution in [3.63, 3.8) is 0 Å². The van der Waals surface area contributed by atoms with Crippen molar-refractivity contribution in [1.82, 2.24) is 19.7 Å². The summed E-state index contributed by atoms with van der Waals surface area (Å²) in [7, 11) is 0. The maximum absolute atomic E-state index is 13.1. The molecule has 3 aromatic heterocycles. The molecule has 0 aromatic carbocycles. The van der Waals surface area contributed by atoms with Gasteiger partial charge in [-0.05, 0) is 45.2 Å². The molecule has 3 aromatic rings. The third-order valence-corrected chi connectivity index (χ3v) is 5.13. The summed E-state index contributed by atoms with van der Waals surface area (Å²) in [5, 5.41) is 5.36. The van der Waals surface area contributed by atoms with Gasteiger partial charge in [-0.2, -0.15) is 5.10 Å². The van der Waals surface area contributed by atoms with Crippen LogP contribution in [0.2, 0.25) is 0 Å². The van der Waals surface area contributed by atoms with Gasteiger partial charge in [-0.1, -0.05) is 13.8 Å². The second-order valence-corrected chi connectivity index (χ2v) is 6.93. The van der Waals surface area contributed by atoms with Crippen molar-refractivity contribution in [2.75, 3.05) is 6.61 Å². The molecule has 6 heteroatoms. The lowest BCUT2D eigenvalue weighted by Crippen LogP contribution is -2.15. The van der Waals surface area contributed by atoms with Gasteiger partial charge in [0.15, 0.2) is 5.65 Å². The Balaban J connectivity index is 2.46. The first-order chi connectivity index (χ1) is 13.5. The van der Waals surface area contributed by atoms with Crippen LogP contribution in [0.3, 0.4) is 0 Å². The number of aromatic nitrogens is 4. The second-order valence-electron chi connectivity index (χ2n) is 6.93. The molecule has 0 saturated heterocycles. The molecular weight excluding hydrogens is 352 g/mol. The van der Waals surface area contributed by atoms with E-state index in [4.69, 9.17) is 9.72 Å². The summed E-state index contributed by atoms with van der Waals surface area (Å²) in [4.78, 5) is 22.4.